The molecule has 0 bridgehead atoms. The number of ether oxygens (including phenoxy) is 3. The highest BCUT2D eigenvalue weighted by Crippen LogP contribution is 2.32. The molecule has 140 valence electrons. The van der Waals surface area contributed by atoms with Crippen molar-refractivity contribution in [1.29, 1.82) is 0 Å². The smallest absolute Gasteiger partial charge is 0.125 e. The van der Waals surface area contributed by atoms with Crippen molar-refractivity contribution in [3.05, 3.63) is 53.7 Å². The quantitative estimate of drug-likeness (QED) is 0.644. The summed E-state index contributed by atoms with van der Waals surface area (Å²) in [5.41, 5.74) is 2.68. The fraction of sp³-hybridized carbons (Fsp3) is 0.286. The Balaban J connectivity index is 1.59. The van der Waals surface area contributed by atoms with Gasteiger partial charge >= 0.3 is 0 Å². The van der Waals surface area contributed by atoms with Crippen LogP contribution < -0.4 is 14.8 Å². The van der Waals surface area contributed by atoms with E-state index in [-0.39, 0.29) is 0 Å². The summed E-state index contributed by atoms with van der Waals surface area (Å²) in [7, 11) is 1.65. The SMILES string of the molecule is COc1cc(Nc2ccnc3ccc(Cl)cc23)cc(OCC2CCOC2)c1. The van der Waals surface area contributed by atoms with Gasteiger partial charge < -0.3 is 19.5 Å². The van der Waals surface area contributed by atoms with Crippen LogP contribution in [0.1, 0.15) is 6.42 Å². The average molecular weight is 385 g/mol. The van der Waals surface area contributed by atoms with Gasteiger partial charge in [0.05, 0.1) is 25.8 Å². The number of fused-ring (bicyclic) bond motifs is 1. The first-order chi connectivity index (χ1) is 13.2. The van der Waals surface area contributed by atoms with Crippen molar-refractivity contribution >= 4 is 33.9 Å². The number of nitrogens with zero attached hydrogens (tertiary/aromatic N) is 1. The van der Waals surface area contributed by atoms with E-state index in [0.717, 1.165) is 53.4 Å². The molecule has 3 aromatic rings. The third kappa shape index (κ3) is 4.26. The van der Waals surface area contributed by atoms with Crippen LogP contribution in [0.25, 0.3) is 10.9 Å². The first-order valence-corrected chi connectivity index (χ1v) is 9.30. The van der Waals surface area contributed by atoms with Crippen molar-refractivity contribution in [2.75, 3.05) is 32.2 Å². The van der Waals surface area contributed by atoms with Crippen LogP contribution in [0.2, 0.25) is 5.02 Å². The molecule has 0 saturated carbocycles. The van der Waals surface area contributed by atoms with Gasteiger partial charge in [-0.2, -0.15) is 0 Å². The number of aromatic nitrogens is 1. The lowest BCUT2D eigenvalue weighted by atomic mass is 10.1. The molecule has 2 heterocycles. The van der Waals surface area contributed by atoms with Crippen LogP contribution in [0.4, 0.5) is 11.4 Å². The number of pyridine rings is 1. The molecule has 1 saturated heterocycles. The number of nitrogens with one attached hydrogen (secondary N) is 1. The van der Waals surface area contributed by atoms with Gasteiger partial charge in [-0.05, 0) is 30.7 Å². The molecule has 1 aliphatic heterocycles. The highest BCUT2D eigenvalue weighted by Gasteiger charge is 2.16. The van der Waals surface area contributed by atoms with Crippen molar-refractivity contribution in [1.82, 2.24) is 4.98 Å². The molecule has 1 fully saturated rings. The van der Waals surface area contributed by atoms with Crippen LogP contribution in [0, 0.1) is 5.92 Å². The summed E-state index contributed by atoms with van der Waals surface area (Å²) in [6, 6.07) is 13.4. The van der Waals surface area contributed by atoms with Gasteiger partial charge in [-0.25, -0.2) is 0 Å². The maximum atomic E-state index is 6.16. The second-order valence-corrected chi connectivity index (χ2v) is 7.02. The van der Waals surface area contributed by atoms with Crippen molar-refractivity contribution < 1.29 is 14.2 Å². The molecule has 1 aliphatic rings. The van der Waals surface area contributed by atoms with E-state index < -0.39 is 0 Å². The van der Waals surface area contributed by atoms with Gasteiger partial charge in [0.2, 0.25) is 0 Å². The molecule has 27 heavy (non-hydrogen) atoms. The fourth-order valence-corrected chi connectivity index (χ4v) is 3.33. The van der Waals surface area contributed by atoms with E-state index in [1.165, 1.54) is 0 Å². The Morgan fingerprint density at radius 2 is 2.07 bits per heavy atom. The van der Waals surface area contributed by atoms with Crippen molar-refractivity contribution in [3.8, 4) is 11.5 Å². The standard InChI is InChI=1S/C21H21ClN2O3/c1-25-17-9-16(10-18(11-17)27-13-14-5-7-26-12-14)24-21-4-6-23-20-3-2-15(22)8-19(20)21/h2-4,6,8-11,14H,5,7,12-13H2,1H3,(H,23,24). The van der Waals surface area contributed by atoms with E-state index in [2.05, 4.69) is 10.3 Å². The second kappa shape index (κ2) is 8.03. The molecule has 0 spiro atoms. The first-order valence-electron chi connectivity index (χ1n) is 8.92. The highest BCUT2D eigenvalue weighted by molar-refractivity contribution is 6.31. The van der Waals surface area contributed by atoms with E-state index >= 15 is 0 Å². The van der Waals surface area contributed by atoms with E-state index in [1.54, 1.807) is 13.3 Å². The Labute approximate surface area is 163 Å². The molecule has 0 aliphatic carbocycles. The molecule has 0 amide bonds. The summed E-state index contributed by atoms with van der Waals surface area (Å²) in [5.74, 6) is 1.94. The van der Waals surface area contributed by atoms with E-state index in [1.807, 2.05) is 42.5 Å². The summed E-state index contributed by atoms with van der Waals surface area (Å²) in [4.78, 5) is 4.39. The molecule has 1 atom stereocenters. The van der Waals surface area contributed by atoms with Crippen LogP contribution >= 0.6 is 11.6 Å². The lowest BCUT2D eigenvalue weighted by Gasteiger charge is -2.15. The maximum absolute atomic E-state index is 6.16. The lowest BCUT2D eigenvalue weighted by molar-refractivity contribution is 0.167. The van der Waals surface area contributed by atoms with Gasteiger partial charge in [0.25, 0.3) is 0 Å². The minimum absolute atomic E-state index is 0.443. The zero-order valence-electron chi connectivity index (χ0n) is 15.1. The third-order valence-electron chi connectivity index (χ3n) is 4.61. The van der Waals surface area contributed by atoms with Crippen molar-refractivity contribution in [2.45, 2.75) is 6.42 Å². The Morgan fingerprint density at radius 3 is 2.89 bits per heavy atom. The summed E-state index contributed by atoms with van der Waals surface area (Å²) in [5, 5.41) is 5.06. The first kappa shape index (κ1) is 17.9. The zero-order valence-corrected chi connectivity index (χ0v) is 15.8. The van der Waals surface area contributed by atoms with E-state index in [9.17, 15) is 0 Å². The van der Waals surface area contributed by atoms with Crippen LogP contribution in [0.3, 0.4) is 0 Å². The maximum Gasteiger partial charge on any atom is 0.125 e. The van der Waals surface area contributed by atoms with Crippen LogP contribution in [-0.2, 0) is 4.74 Å². The number of anilines is 2. The zero-order chi connectivity index (χ0) is 18.6. The molecule has 5 nitrogen and oxygen atoms in total. The van der Waals surface area contributed by atoms with Gasteiger partial charge in [0, 0.05) is 58.7 Å². The van der Waals surface area contributed by atoms with Gasteiger partial charge in [0.1, 0.15) is 11.5 Å². The summed E-state index contributed by atoms with van der Waals surface area (Å²) in [6.45, 7) is 2.22. The van der Waals surface area contributed by atoms with Gasteiger partial charge in [-0.15, -0.1) is 0 Å². The molecular formula is C21H21ClN2O3. The second-order valence-electron chi connectivity index (χ2n) is 6.58. The number of benzene rings is 2. The Morgan fingerprint density at radius 1 is 1.19 bits per heavy atom. The molecule has 1 aromatic heterocycles. The number of halogens is 1. The van der Waals surface area contributed by atoms with E-state index in [0.29, 0.717) is 17.5 Å². The third-order valence-corrected chi connectivity index (χ3v) is 4.84. The predicted octanol–water partition coefficient (Wildman–Crippen LogP) is 5.06. The molecule has 6 heteroatoms. The number of hydrogen-bond donors (Lipinski definition) is 1. The average Bonchev–Trinajstić information content (AvgIpc) is 3.20. The number of hydrogen-bond acceptors (Lipinski definition) is 5. The lowest BCUT2D eigenvalue weighted by Crippen LogP contribution is -2.11. The normalized spacial score (nSPS) is 16.4. The molecule has 4 rings (SSSR count). The van der Waals surface area contributed by atoms with E-state index in [4.69, 9.17) is 25.8 Å². The van der Waals surface area contributed by atoms with Crippen molar-refractivity contribution in [2.24, 2.45) is 5.92 Å². The Hall–Kier alpha value is -2.50. The van der Waals surface area contributed by atoms with Crippen LogP contribution in [0.5, 0.6) is 11.5 Å². The Kier molecular flexibility index (Phi) is 5.32. The predicted molar refractivity (Wildman–Crippen MR) is 107 cm³/mol. The molecule has 1 N–H and O–H groups in total. The molecule has 1 unspecified atom stereocenters. The van der Waals surface area contributed by atoms with Gasteiger partial charge in [-0.3, -0.25) is 4.98 Å². The summed E-state index contributed by atoms with van der Waals surface area (Å²) in [6.07, 6.45) is 2.81. The molecule has 0 radical (unpaired) electrons. The largest absolute Gasteiger partial charge is 0.497 e. The van der Waals surface area contributed by atoms with Crippen LogP contribution in [-0.4, -0.2) is 31.9 Å². The van der Waals surface area contributed by atoms with Gasteiger partial charge in [0.15, 0.2) is 0 Å². The van der Waals surface area contributed by atoms with Crippen molar-refractivity contribution in [3.63, 3.8) is 0 Å². The van der Waals surface area contributed by atoms with Crippen LogP contribution in [0.15, 0.2) is 48.7 Å². The minimum atomic E-state index is 0.443. The van der Waals surface area contributed by atoms with Gasteiger partial charge in [-0.1, -0.05) is 11.6 Å². The molecule has 2 aromatic carbocycles. The topological polar surface area (TPSA) is 52.6 Å². The fourth-order valence-electron chi connectivity index (χ4n) is 3.16. The minimum Gasteiger partial charge on any atom is -0.497 e. The Bertz CT molecular complexity index is 942. The highest BCUT2D eigenvalue weighted by atomic mass is 35.5. The number of methoxy groups -OCH3 is 1. The molecular weight excluding hydrogens is 364 g/mol. The monoisotopic (exact) mass is 384 g/mol. The summed E-state index contributed by atoms with van der Waals surface area (Å²) >= 11 is 6.16. The number of rotatable bonds is 6. The summed E-state index contributed by atoms with van der Waals surface area (Å²) < 4.78 is 16.8.